The van der Waals surface area contributed by atoms with E-state index in [4.69, 9.17) is 9.47 Å². The van der Waals surface area contributed by atoms with Crippen LogP contribution in [-0.4, -0.2) is 22.5 Å². The van der Waals surface area contributed by atoms with E-state index < -0.39 is 0 Å². The Bertz CT molecular complexity index is 1060. The fourth-order valence-electron chi connectivity index (χ4n) is 2.97. The maximum Gasteiger partial charge on any atom is 0.274 e. The van der Waals surface area contributed by atoms with E-state index in [1.807, 2.05) is 30.3 Å². The second-order valence-corrected chi connectivity index (χ2v) is 6.06. The molecule has 1 aliphatic heterocycles. The molecule has 0 saturated heterocycles. The van der Waals surface area contributed by atoms with Crippen LogP contribution in [0.5, 0.6) is 11.5 Å². The molecule has 0 spiro atoms. The number of ether oxygens (including phenoxy) is 2. The van der Waals surface area contributed by atoms with E-state index in [0.717, 1.165) is 5.56 Å². The highest BCUT2D eigenvalue weighted by atomic mass is 16.7. The molecular formula is C19H17N3O4. The first-order valence-corrected chi connectivity index (χ1v) is 8.22. The maximum atomic E-state index is 12.4. The molecule has 1 amide bonds. The van der Waals surface area contributed by atoms with Gasteiger partial charge in [-0.3, -0.25) is 9.59 Å². The Hall–Kier alpha value is -3.35. The predicted molar refractivity (Wildman–Crippen MR) is 95.1 cm³/mol. The van der Waals surface area contributed by atoms with E-state index in [1.54, 1.807) is 19.2 Å². The van der Waals surface area contributed by atoms with Gasteiger partial charge in [-0.2, -0.15) is 5.10 Å². The Morgan fingerprint density at radius 3 is 2.77 bits per heavy atom. The fourth-order valence-corrected chi connectivity index (χ4v) is 2.97. The summed E-state index contributed by atoms with van der Waals surface area (Å²) in [6, 6.07) is 12.7. The minimum atomic E-state index is -0.176. The van der Waals surface area contributed by atoms with E-state index in [1.165, 1.54) is 4.68 Å². The molecule has 26 heavy (non-hydrogen) atoms. The van der Waals surface area contributed by atoms with Gasteiger partial charge in [0, 0.05) is 19.0 Å². The number of hydrogen-bond donors (Lipinski definition) is 1. The average molecular weight is 351 g/mol. The zero-order chi connectivity index (χ0) is 18.1. The van der Waals surface area contributed by atoms with Gasteiger partial charge in [0.2, 0.25) is 12.7 Å². The Balaban J connectivity index is 1.49. The van der Waals surface area contributed by atoms with Crippen molar-refractivity contribution < 1.29 is 14.3 Å². The molecule has 3 aromatic rings. The minimum absolute atomic E-state index is 0.0964. The van der Waals surface area contributed by atoms with Crippen LogP contribution in [0.2, 0.25) is 0 Å². The number of carbonyl (C=O) groups excluding carboxylic acids is 1. The van der Waals surface area contributed by atoms with Gasteiger partial charge >= 0.3 is 0 Å². The number of hydrogen-bond acceptors (Lipinski definition) is 5. The molecule has 1 aliphatic rings. The lowest BCUT2D eigenvalue weighted by molar-refractivity contribution is -0.120. The topological polar surface area (TPSA) is 82.5 Å². The van der Waals surface area contributed by atoms with Gasteiger partial charge in [-0.05, 0) is 23.8 Å². The third-order valence-electron chi connectivity index (χ3n) is 4.29. The molecule has 0 bridgehead atoms. The smallest absolute Gasteiger partial charge is 0.274 e. The van der Waals surface area contributed by atoms with Gasteiger partial charge in [-0.15, -0.1) is 0 Å². The third kappa shape index (κ3) is 2.99. The van der Waals surface area contributed by atoms with Gasteiger partial charge in [0.25, 0.3) is 5.56 Å². The summed E-state index contributed by atoms with van der Waals surface area (Å²) >= 11 is 0. The first kappa shape index (κ1) is 16.1. The average Bonchev–Trinajstić information content (AvgIpc) is 3.12. The molecule has 0 radical (unpaired) electrons. The minimum Gasteiger partial charge on any atom is -0.454 e. The summed E-state index contributed by atoms with van der Waals surface area (Å²) in [4.78, 5) is 24.5. The van der Waals surface area contributed by atoms with Crippen molar-refractivity contribution in [2.24, 2.45) is 7.05 Å². The van der Waals surface area contributed by atoms with E-state index in [0.29, 0.717) is 34.5 Å². The monoisotopic (exact) mass is 351 g/mol. The molecule has 0 aliphatic carbocycles. The van der Waals surface area contributed by atoms with E-state index in [2.05, 4.69) is 10.4 Å². The van der Waals surface area contributed by atoms with Crippen molar-refractivity contribution in [2.75, 3.05) is 6.79 Å². The lowest BCUT2D eigenvalue weighted by atomic mass is 10.1. The van der Waals surface area contributed by atoms with Crippen LogP contribution >= 0.6 is 0 Å². The van der Waals surface area contributed by atoms with Crippen LogP contribution in [0.4, 0.5) is 0 Å². The van der Waals surface area contributed by atoms with Crippen LogP contribution in [0.1, 0.15) is 11.3 Å². The van der Waals surface area contributed by atoms with Crippen molar-refractivity contribution in [3.8, 4) is 11.5 Å². The van der Waals surface area contributed by atoms with Crippen LogP contribution in [0.25, 0.3) is 10.8 Å². The number of carbonyl (C=O) groups is 1. The van der Waals surface area contributed by atoms with Gasteiger partial charge < -0.3 is 14.8 Å². The zero-order valence-electron chi connectivity index (χ0n) is 14.2. The number of nitrogens with one attached hydrogen (secondary N) is 1. The standard InChI is InChI=1S/C19H17N3O4/c1-22-19(24)14-5-3-2-4-13(14)15(21-22)9-18(23)20-10-12-6-7-16-17(8-12)26-11-25-16/h2-8H,9-11H2,1H3,(H,20,23). The number of fused-ring (bicyclic) bond motifs is 2. The van der Waals surface area contributed by atoms with Crippen LogP contribution in [-0.2, 0) is 24.8 Å². The van der Waals surface area contributed by atoms with Crippen LogP contribution in [0.3, 0.4) is 0 Å². The summed E-state index contributed by atoms with van der Waals surface area (Å²) in [5, 5.41) is 8.39. The molecule has 132 valence electrons. The molecule has 0 saturated carbocycles. The molecule has 4 rings (SSSR count). The number of amides is 1. The summed E-state index contributed by atoms with van der Waals surface area (Å²) in [6.45, 7) is 0.593. The quantitative estimate of drug-likeness (QED) is 0.771. The molecule has 1 aromatic heterocycles. The number of benzene rings is 2. The van der Waals surface area contributed by atoms with Crippen LogP contribution < -0.4 is 20.3 Å². The summed E-state index contributed by atoms with van der Waals surface area (Å²) in [6.07, 6.45) is 0.0964. The van der Waals surface area contributed by atoms with E-state index in [9.17, 15) is 9.59 Å². The van der Waals surface area contributed by atoms with Gasteiger partial charge in [0.15, 0.2) is 11.5 Å². The number of nitrogens with zero attached hydrogens (tertiary/aromatic N) is 2. The second-order valence-electron chi connectivity index (χ2n) is 6.06. The van der Waals surface area contributed by atoms with Gasteiger partial charge in [0.05, 0.1) is 17.5 Å². The Morgan fingerprint density at radius 2 is 1.92 bits per heavy atom. The number of rotatable bonds is 4. The van der Waals surface area contributed by atoms with Crippen LogP contribution in [0, 0.1) is 0 Å². The fraction of sp³-hybridized carbons (Fsp3) is 0.211. The second kappa shape index (κ2) is 6.51. The molecule has 0 atom stereocenters. The van der Waals surface area contributed by atoms with Crippen LogP contribution in [0.15, 0.2) is 47.3 Å². The normalized spacial score (nSPS) is 12.3. The molecule has 7 nitrogen and oxygen atoms in total. The third-order valence-corrected chi connectivity index (χ3v) is 4.29. The molecule has 2 aromatic carbocycles. The molecular weight excluding hydrogens is 334 g/mol. The SMILES string of the molecule is Cn1nc(CC(=O)NCc2ccc3c(c2)OCO3)c2ccccc2c1=O. The van der Waals surface area contributed by atoms with E-state index >= 15 is 0 Å². The van der Waals surface area contributed by atoms with Crippen molar-refractivity contribution in [1.82, 2.24) is 15.1 Å². The zero-order valence-corrected chi connectivity index (χ0v) is 14.2. The summed E-state index contributed by atoms with van der Waals surface area (Å²) in [5.41, 5.74) is 1.32. The van der Waals surface area contributed by atoms with Crippen molar-refractivity contribution in [1.29, 1.82) is 0 Å². The first-order valence-electron chi connectivity index (χ1n) is 8.22. The van der Waals surface area contributed by atoms with Gasteiger partial charge in [-0.1, -0.05) is 24.3 Å². The largest absolute Gasteiger partial charge is 0.454 e. The lowest BCUT2D eigenvalue weighted by Crippen LogP contribution is -2.27. The van der Waals surface area contributed by atoms with Gasteiger partial charge in [0.1, 0.15) is 0 Å². The maximum absolute atomic E-state index is 12.4. The highest BCUT2D eigenvalue weighted by Crippen LogP contribution is 2.32. The van der Waals surface area contributed by atoms with Crippen molar-refractivity contribution >= 4 is 16.7 Å². The predicted octanol–water partition coefficient (Wildman–Crippen LogP) is 1.52. The number of aryl methyl sites for hydroxylation is 1. The molecule has 2 heterocycles. The highest BCUT2D eigenvalue weighted by molar-refractivity contribution is 5.88. The lowest BCUT2D eigenvalue weighted by Gasteiger charge is -2.09. The van der Waals surface area contributed by atoms with E-state index in [-0.39, 0.29) is 24.7 Å². The Kier molecular flexibility index (Phi) is 4.04. The highest BCUT2D eigenvalue weighted by Gasteiger charge is 2.15. The van der Waals surface area contributed by atoms with Crippen molar-refractivity contribution in [3.63, 3.8) is 0 Å². The summed E-state index contributed by atoms with van der Waals surface area (Å²) in [5.74, 6) is 1.22. The number of aromatic nitrogens is 2. The molecule has 0 unspecified atom stereocenters. The first-order chi connectivity index (χ1) is 12.6. The summed E-state index contributed by atoms with van der Waals surface area (Å²) < 4.78 is 11.9. The van der Waals surface area contributed by atoms with Crippen molar-refractivity contribution in [2.45, 2.75) is 13.0 Å². The molecule has 0 fully saturated rings. The Labute approximate surface area is 149 Å². The molecule has 1 N–H and O–H groups in total. The van der Waals surface area contributed by atoms with Gasteiger partial charge in [-0.25, -0.2) is 4.68 Å². The Morgan fingerprint density at radius 1 is 1.15 bits per heavy atom. The van der Waals surface area contributed by atoms with Crippen molar-refractivity contribution in [3.05, 3.63) is 64.1 Å². The molecule has 7 heteroatoms. The summed E-state index contributed by atoms with van der Waals surface area (Å²) in [7, 11) is 1.59.